The number of urea groups is 1. The highest BCUT2D eigenvalue weighted by Crippen LogP contribution is 2.32. The van der Waals surface area contributed by atoms with Crippen molar-refractivity contribution < 1.29 is 9.59 Å². The average molecular weight is 472 g/mol. The van der Waals surface area contributed by atoms with Gasteiger partial charge in [-0.25, -0.2) is 4.79 Å². The molecule has 166 valence electrons. The normalized spacial score (nSPS) is 14.4. The van der Waals surface area contributed by atoms with E-state index in [1.54, 1.807) is 41.4 Å². The van der Waals surface area contributed by atoms with Gasteiger partial charge in [-0.15, -0.1) is 0 Å². The van der Waals surface area contributed by atoms with Gasteiger partial charge in [0.15, 0.2) is 0 Å². The summed E-state index contributed by atoms with van der Waals surface area (Å²) in [5.41, 5.74) is 2.76. The number of para-hydroxylation sites is 1. The topological polar surface area (TPSA) is 77.6 Å². The van der Waals surface area contributed by atoms with Crippen LogP contribution in [0.2, 0.25) is 10.0 Å². The Kier molecular flexibility index (Phi) is 6.50. The van der Waals surface area contributed by atoms with Crippen LogP contribution in [0.15, 0.2) is 42.6 Å². The second kappa shape index (κ2) is 9.32. The number of hydrogen-bond donors (Lipinski definition) is 2. The maximum Gasteiger partial charge on any atom is 0.321 e. The zero-order valence-electron chi connectivity index (χ0n) is 17.8. The molecule has 9 heteroatoms. The van der Waals surface area contributed by atoms with E-state index in [0.717, 1.165) is 24.0 Å². The second-order valence-electron chi connectivity index (χ2n) is 7.79. The number of carbonyl (C=O) groups excluding carboxylic acids is 2. The van der Waals surface area contributed by atoms with Crippen LogP contribution in [0, 0.1) is 6.92 Å². The maximum absolute atomic E-state index is 12.9. The van der Waals surface area contributed by atoms with Gasteiger partial charge in [-0.3, -0.25) is 9.78 Å². The fourth-order valence-corrected chi connectivity index (χ4v) is 4.25. The van der Waals surface area contributed by atoms with Crippen molar-refractivity contribution in [2.24, 2.45) is 0 Å². The van der Waals surface area contributed by atoms with Crippen LogP contribution < -0.4 is 10.6 Å². The van der Waals surface area contributed by atoms with Crippen LogP contribution in [0.1, 0.15) is 15.9 Å². The third kappa shape index (κ3) is 4.50. The quantitative estimate of drug-likeness (QED) is 0.570. The lowest BCUT2D eigenvalue weighted by Gasteiger charge is -2.32. The Balaban J connectivity index is 1.64. The van der Waals surface area contributed by atoms with Crippen molar-refractivity contribution in [2.75, 3.05) is 43.9 Å². The molecular formula is C23H23Cl2N5O2. The van der Waals surface area contributed by atoms with Gasteiger partial charge in [0.05, 0.1) is 32.5 Å². The van der Waals surface area contributed by atoms with E-state index >= 15 is 0 Å². The molecule has 1 saturated heterocycles. The molecule has 2 heterocycles. The molecule has 4 rings (SSSR count). The number of aromatic nitrogens is 1. The molecule has 2 aromatic carbocycles. The van der Waals surface area contributed by atoms with E-state index in [9.17, 15) is 9.59 Å². The van der Waals surface area contributed by atoms with Crippen molar-refractivity contribution in [1.29, 1.82) is 0 Å². The SMILES string of the molecule is Cc1cnc2c(NC(=O)c3c(Cl)cccc3Cl)cccc2c1NC(=O)N1CCN(C)CC1. The number of rotatable bonds is 3. The molecule has 1 aliphatic rings. The summed E-state index contributed by atoms with van der Waals surface area (Å²) in [5, 5.41) is 7.15. The Morgan fingerprint density at radius 2 is 1.62 bits per heavy atom. The molecule has 32 heavy (non-hydrogen) atoms. The third-order valence-corrected chi connectivity index (χ3v) is 6.18. The predicted octanol–water partition coefficient (Wildman–Crippen LogP) is 4.88. The van der Waals surface area contributed by atoms with Crippen molar-refractivity contribution in [3.05, 3.63) is 63.8 Å². The van der Waals surface area contributed by atoms with Gasteiger partial charge in [0.25, 0.3) is 5.91 Å². The second-order valence-corrected chi connectivity index (χ2v) is 8.60. The summed E-state index contributed by atoms with van der Waals surface area (Å²) in [6.07, 6.45) is 1.68. The largest absolute Gasteiger partial charge is 0.322 e. The number of fused-ring (bicyclic) bond motifs is 1. The Morgan fingerprint density at radius 3 is 2.31 bits per heavy atom. The molecule has 0 bridgehead atoms. The first-order valence-corrected chi connectivity index (χ1v) is 11.0. The molecule has 3 aromatic rings. The Labute approximate surface area is 196 Å². The standard InChI is InChI=1S/C23H23Cl2N5O2/c1-14-13-26-21-15(20(14)28-23(32)30-11-9-29(2)10-12-30)5-3-8-18(21)27-22(31)19-16(24)6-4-7-17(19)25/h3-8,13H,9-12H2,1-2H3,(H,27,31)(H,26,28,32). The van der Waals surface area contributed by atoms with E-state index in [1.165, 1.54) is 0 Å². The lowest BCUT2D eigenvalue weighted by atomic mass is 10.1. The lowest BCUT2D eigenvalue weighted by Crippen LogP contribution is -2.48. The van der Waals surface area contributed by atoms with Crippen LogP contribution in [0.3, 0.4) is 0 Å². The Hall–Kier alpha value is -2.87. The number of nitrogens with one attached hydrogen (secondary N) is 2. The lowest BCUT2D eigenvalue weighted by molar-refractivity contribution is 0.102. The minimum absolute atomic E-state index is 0.147. The van der Waals surface area contributed by atoms with Gasteiger partial charge < -0.3 is 20.4 Å². The predicted molar refractivity (Wildman–Crippen MR) is 129 cm³/mol. The summed E-state index contributed by atoms with van der Waals surface area (Å²) in [6, 6.07) is 10.2. The van der Waals surface area contributed by atoms with Gasteiger partial charge in [0, 0.05) is 37.8 Å². The number of anilines is 2. The number of amides is 3. The molecule has 0 saturated carbocycles. The molecule has 0 spiro atoms. The Morgan fingerprint density at radius 1 is 0.969 bits per heavy atom. The fraction of sp³-hybridized carbons (Fsp3) is 0.261. The number of carbonyl (C=O) groups is 2. The first-order chi connectivity index (χ1) is 15.3. The first-order valence-electron chi connectivity index (χ1n) is 10.2. The highest BCUT2D eigenvalue weighted by Gasteiger charge is 2.21. The van der Waals surface area contributed by atoms with Crippen molar-refractivity contribution in [2.45, 2.75) is 6.92 Å². The molecule has 1 fully saturated rings. The number of aryl methyl sites for hydroxylation is 1. The molecule has 1 aromatic heterocycles. The van der Waals surface area contributed by atoms with Gasteiger partial charge in [-0.1, -0.05) is 41.4 Å². The van der Waals surface area contributed by atoms with Crippen molar-refractivity contribution in [1.82, 2.24) is 14.8 Å². The van der Waals surface area contributed by atoms with Crippen molar-refractivity contribution >= 4 is 57.4 Å². The summed E-state index contributed by atoms with van der Waals surface area (Å²) in [5.74, 6) is -0.432. The van der Waals surface area contributed by atoms with Gasteiger partial charge in [0.1, 0.15) is 0 Å². The van der Waals surface area contributed by atoms with E-state index < -0.39 is 5.91 Å². The third-order valence-electron chi connectivity index (χ3n) is 5.55. The molecule has 1 aliphatic heterocycles. The first kappa shape index (κ1) is 22.3. The molecule has 0 unspecified atom stereocenters. The van der Waals surface area contributed by atoms with Crippen LogP contribution in [-0.2, 0) is 0 Å². The summed E-state index contributed by atoms with van der Waals surface area (Å²) in [7, 11) is 2.04. The van der Waals surface area contributed by atoms with Gasteiger partial charge in [-0.2, -0.15) is 0 Å². The zero-order valence-corrected chi connectivity index (χ0v) is 19.3. The number of halogens is 2. The number of hydrogen-bond acceptors (Lipinski definition) is 4. The molecule has 2 N–H and O–H groups in total. The molecule has 0 radical (unpaired) electrons. The molecule has 0 aliphatic carbocycles. The van der Waals surface area contributed by atoms with E-state index in [4.69, 9.17) is 23.2 Å². The van der Waals surface area contributed by atoms with Gasteiger partial charge in [-0.05, 0) is 37.7 Å². The summed E-state index contributed by atoms with van der Waals surface area (Å²) in [6.45, 7) is 4.91. The van der Waals surface area contributed by atoms with Crippen LogP contribution in [0.4, 0.5) is 16.2 Å². The number of pyridine rings is 1. The van der Waals surface area contributed by atoms with Crippen LogP contribution in [0.5, 0.6) is 0 Å². The van der Waals surface area contributed by atoms with E-state index in [0.29, 0.717) is 30.0 Å². The number of benzene rings is 2. The maximum atomic E-state index is 12.9. The zero-order chi connectivity index (χ0) is 22.8. The van der Waals surface area contributed by atoms with E-state index in [1.807, 2.05) is 20.0 Å². The van der Waals surface area contributed by atoms with Crippen molar-refractivity contribution in [3.8, 4) is 0 Å². The highest BCUT2D eigenvalue weighted by atomic mass is 35.5. The summed E-state index contributed by atoms with van der Waals surface area (Å²) < 4.78 is 0. The van der Waals surface area contributed by atoms with E-state index in [-0.39, 0.29) is 21.6 Å². The minimum Gasteiger partial charge on any atom is -0.322 e. The molecule has 3 amide bonds. The van der Waals surface area contributed by atoms with Gasteiger partial charge in [0.2, 0.25) is 0 Å². The fourth-order valence-electron chi connectivity index (χ4n) is 3.68. The van der Waals surface area contributed by atoms with Crippen LogP contribution in [0.25, 0.3) is 10.9 Å². The van der Waals surface area contributed by atoms with Crippen LogP contribution in [-0.4, -0.2) is 59.9 Å². The molecule has 0 atom stereocenters. The molecule has 7 nitrogen and oxygen atoms in total. The minimum atomic E-state index is -0.432. The highest BCUT2D eigenvalue weighted by molar-refractivity contribution is 6.40. The smallest absolute Gasteiger partial charge is 0.321 e. The Bertz CT molecular complexity index is 1170. The van der Waals surface area contributed by atoms with Gasteiger partial charge >= 0.3 is 6.03 Å². The average Bonchev–Trinajstić information content (AvgIpc) is 2.76. The summed E-state index contributed by atoms with van der Waals surface area (Å²) in [4.78, 5) is 34.2. The molecular weight excluding hydrogens is 449 g/mol. The number of nitrogens with zero attached hydrogens (tertiary/aromatic N) is 3. The number of piperazine rings is 1. The monoisotopic (exact) mass is 471 g/mol. The van der Waals surface area contributed by atoms with Crippen molar-refractivity contribution in [3.63, 3.8) is 0 Å². The number of likely N-dealkylation sites (N-methyl/N-ethyl adjacent to an activating group) is 1. The summed E-state index contributed by atoms with van der Waals surface area (Å²) >= 11 is 12.4. The van der Waals surface area contributed by atoms with E-state index in [2.05, 4.69) is 20.5 Å². The van der Waals surface area contributed by atoms with Crippen LogP contribution >= 0.6 is 23.2 Å².